The van der Waals surface area contributed by atoms with Crippen molar-refractivity contribution in [2.45, 2.75) is 78.2 Å². The number of benzene rings is 1. The lowest BCUT2D eigenvalue weighted by Gasteiger charge is -2.56. The Balaban J connectivity index is 1.19. The molecule has 0 radical (unpaired) electrons. The fourth-order valence-corrected chi connectivity index (χ4v) is 8.88. The number of hydrogen-bond acceptors (Lipinski definition) is 3. The van der Waals surface area contributed by atoms with Crippen LogP contribution in [0.1, 0.15) is 71.6 Å². The maximum absolute atomic E-state index is 14.0. The summed E-state index contributed by atoms with van der Waals surface area (Å²) in [6, 6.07) is 4.79. The van der Waals surface area contributed by atoms with Crippen LogP contribution in [-0.2, 0) is 11.3 Å². The molecule has 1 aromatic heterocycles. The lowest BCUT2D eigenvalue weighted by atomic mass is 9.49. The van der Waals surface area contributed by atoms with Crippen LogP contribution in [0.15, 0.2) is 18.2 Å². The molecule has 4 nitrogen and oxygen atoms in total. The number of rotatable bonds is 3. The Morgan fingerprint density at radius 2 is 1.91 bits per heavy atom. The summed E-state index contributed by atoms with van der Waals surface area (Å²) < 4.78 is 14.0. The summed E-state index contributed by atoms with van der Waals surface area (Å²) >= 11 is 0. The predicted molar refractivity (Wildman–Crippen MR) is 122 cm³/mol. The van der Waals surface area contributed by atoms with E-state index in [1.165, 1.54) is 62.2 Å². The molecule has 6 rings (SSSR count). The van der Waals surface area contributed by atoms with Gasteiger partial charge in [0.25, 0.3) is 0 Å². The summed E-state index contributed by atoms with van der Waals surface area (Å²) in [5.41, 5.74) is 0.896. The topological polar surface area (TPSA) is 47.8 Å². The first-order valence-corrected chi connectivity index (χ1v) is 13.0. The summed E-state index contributed by atoms with van der Waals surface area (Å²) in [7, 11) is 0. The van der Waals surface area contributed by atoms with E-state index in [-0.39, 0.29) is 35.0 Å². The van der Waals surface area contributed by atoms with Gasteiger partial charge in [-0.25, -0.2) is 4.39 Å². The summed E-state index contributed by atoms with van der Waals surface area (Å²) in [5, 5.41) is 8.65. The summed E-state index contributed by atoms with van der Waals surface area (Å²) in [6.45, 7) is 5.02. The molecule has 0 saturated heterocycles. The summed E-state index contributed by atoms with van der Waals surface area (Å²) in [4.78, 5) is 14.9. The molecule has 172 valence electrons. The van der Waals surface area contributed by atoms with Crippen molar-refractivity contribution in [2.75, 3.05) is 0 Å². The van der Waals surface area contributed by atoms with Gasteiger partial charge in [-0.15, -0.1) is 5.10 Å². The lowest BCUT2D eigenvalue weighted by Crippen LogP contribution is -2.49. The SMILES string of the molecule is CC1CCC2C(CCC3C2CCC2(C)C(C(=O)Cn4nc5cccc(F)c5n4)CCC32)C1. The van der Waals surface area contributed by atoms with Gasteiger partial charge in [0.2, 0.25) is 0 Å². The number of Topliss-reactive ketones (excluding diaryl/α,β-unsaturated/α-hetero) is 1. The van der Waals surface area contributed by atoms with Crippen molar-refractivity contribution < 1.29 is 9.18 Å². The first kappa shape index (κ1) is 20.8. The number of fused-ring (bicyclic) bond motifs is 6. The number of ketones is 1. The number of aromatic nitrogens is 3. The van der Waals surface area contributed by atoms with E-state index in [2.05, 4.69) is 24.0 Å². The van der Waals surface area contributed by atoms with E-state index >= 15 is 0 Å². The van der Waals surface area contributed by atoms with E-state index in [4.69, 9.17) is 0 Å². The molecule has 4 saturated carbocycles. The Bertz CT molecular complexity index is 1030. The van der Waals surface area contributed by atoms with Crippen LogP contribution in [0.25, 0.3) is 11.0 Å². The number of nitrogens with zero attached hydrogens (tertiary/aromatic N) is 3. The van der Waals surface area contributed by atoms with Crippen molar-refractivity contribution in [1.29, 1.82) is 0 Å². The van der Waals surface area contributed by atoms with Crippen LogP contribution >= 0.6 is 0 Å². The Morgan fingerprint density at radius 3 is 2.75 bits per heavy atom. The molecule has 4 aliphatic carbocycles. The van der Waals surface area contributed by atoms with Crippen molar-refractivity contribution in [3.05, 3.63) is 24.0 Å². The second-order valence-corrected chi connectivity index (χ2v) is 11.8. The summed E-state index contributed by atoms with van der Waals surface area (Å²) in [6.07, 6.45) is 11.8. The second kappa shape index (κ2) is 7.63. The molecular formula is C27H36FN3O. The van der Waals surface area contributed by atoms with Crippen LogP contribution in [0.4, 0.5) is 4.39 Å². The molecule has 32 heavy (non-hydrogen) atoms. The fraction of sp³-hybridized carbons (Fsp3) is 0.741. The predicted octanol–water partition coefficient (Wildman–Crippen LogP) is 6.04. The van der Waals surface area contributed by atoms with Gasteiger partial charge in [-0.3, -0.25) is 4.79 Å². The Morgan fingerprint density at radius 1 is 1.06 bits per heavy atom. The van der Waals surface area contributed by atoms with Gasteiger partial charge in [0.15, 0.2) is 11.6 Å². The van der Waals surface area contributed by atoms with Gasteiger partial charge < -0.3 is 0 Å². The normalized spacial score (nSPS) is 41.2. The molecule has 0 spiro atoms. The maximum atomic E-state index is 14.0. The highest BCUT2D eigenvalue weighted by Gasteiger charge is 2.58. The van der Waals surface area contributed by atoms with Crippen LogP contribution in [-0.4, -0.2) is 20.8 Å². The minimum absolute atomic E-state index is 0.0940. The van der Waals surface area contributed by atoms with Crippen LogP contribution in [0, 0.1) is 52.7 Å². The highest BCUT2D eigenvalue weighted by molar-refractivity contribution is 5.82. The fourth-order valence-electron chi connectivity index (χ4n) is 8.88. The quantitative estimate of drug-likeness (QED) is 0.588. The van der Waals surface area contributed by atoms with Gasteiger partial charge in [0.1, 0.15) is 17.6 Å². The molecular weight excluding hydrogens is 401 g/mol. The number of carbonyl (C=O) groups excluding carboxylic acids is 1. The molecule has 0 bridgehead atoms. The van der Waals surface area contributed by atoms with Crippen LogP contribution in [0.3, 0.4) is 0 Å². The van der Waals surface area contributed by atoms with Crippen LogP contribution in [0.5, 0.6) is 0 Å². The average molecular weight is 438 g/mol. The van der Waals surface area contributed by atoms with E-state index in [1.54, 1.807) is 12.1 Å². The highest BCUT2D eigenvalue weighted by Crippen LogP contribution is 2.64. The Kier molecular flexibility index (Phi) is 4.96. The van der Waals surface area contributed by atoms with Crippen molar-refractivity contribution in [2.24, 2.45) is 46.8 Å². The van der Waals surface area contributed by atoms with E-state index < -0.39 is 0 Å². The molecule has 4 fully saturated rings. The largest absolute Gasteiger partial charge is 0.297 e. The number of carbonyl (C=O) groups is 1. The van der Waals surface area contributed by atoms with Crippen molar-refractivity contribution in [3.8, 4) is 0 Å². The van der Waals surface area contributed by atoms with Crippen LogP contribution in [0.2, 0.25) is 0 Å². The van der Waals surface area contributed by atoms with Crippen molar-refractivity contribution >= 4 is 16.8 Å². The molecule has 4 aliphatic rings. The molecule has 2 aromatic rings. The molecule has 5 heteroatoms. The standard InChI is InChI=1S/C27H36FN3O/c1-16-6-8-18-17(14-16)7-9-20-19(18)12-13-27(2)21(20)10-11-22(27)25(32)15-31-29-24-5-3-4-23(28)26(24)30-31/h3-5,16-22H,6-15H2,1-2H3. The molecule has 1 aromatic carbocycles. The van der Waals surface area contributed by atoms with Gasteiger partial charge >= 0.3 is 0 Å². The van der Waals surface area contributed by atoms with Gasteiger partial charge in [-0.05, 0) is 104 Å². The zero-order valence-electron chi connectivity index (χ0n) is 19.5. The zero-order valence-corrected chi connectivity index (χ0v) is 19.5. The van der Waals surface area contributed by atoms with E-state index in [0.29, 0.717) is 11.4 Å². The average Bonchev–Trinajstić information content (AvgIpc) is 3.34. The third-order valence-electron chi connectivity index (χ3n) is 10.3. The van der Waals surface area contributed by atoms with Gasteiger partial charge in [-0.2, -0.15) is 9.90 Å². The van der Waals surface area contributed by atoms with Gasteiger partial charge in [0.05, 0.1) is 0 Å². The highest BCUT2D eigenvalue weighted by atomic mass is 19.1. The van der Waals surface area contributed by atoms with E-state index in [0.717, 1.165) is 36.0 Å². The van der Waals surface area contributed by atoms with Crippen LogP contribution < -0.4 is 0 Å². The first-order chi connectivity index (χ1) is 15.4. The van der Waals surface area contributed by atoms with E-state index in [1.807, 2.05) is 0 Å². The third kappa shape index (κ3) is 3.17. The maximum Gasteiger partial charge on any atom is 0.159 e. The molecule has 0 N–H and O–H groups in total. The third-order valence-corrected chi connectivity index (χ3v) is 10.3. The van der Waals surface area contributed by atoms with Gasteiger partial charge in [-0.1, -0.05) is 26.3 Å². The first-order valence-electron chi connectivity index (χ1n) is 13.0. The molecule has 8 atom stereocenters. The minimum atomic E-state index is -0.375. The smallest absolute Gasteiger partial charge is 0.159 e. The number of halogens is 1. The Hall–Kier alpha value is -1.78. The van der Waals surface area contributed by atoms with Crippen molar-refractivity contribution in [3.63, 3.8) is 0 Å². The molecule has 8 unspecified atom stereocenters. The number of hydrogen-bond donors (Lipinski definition) is 0. The Labute approximate surface area is 190 Å². The lowest BCUT2D eigenvalue weighted by molar-refractivity contribution is -0.131. The monoisotopic (exact) mass is 437 g/mol. The molecule has 0 aliphatic heterocycles. The van der Waals surface area contributed by atoms with Gasteiger partial charge in [0, 0.05) is 5.92 Å². The summed E-state index contributed by atoms with van der Waals surface area (Å²) in [5.74, 6) is 5.19. The molecule has 1 heterocycles. The second-order valence-electron chi connectivity index (χ2n) is 11.8. The van der Waals surface area contributed by atoms with Crippen molar-refractivity contribution in [1.82, 2.24) is 15.0 Å². The molecule has 0 amide bonds. The zero-order chi connectivity index (χ0) is 22.0. The van der Waals surface area contributed by atoms with E-state index in [9.17, 15) is 9.18 Å². The minimum Gasteiger partial charge on any atom is -0.297 e.